The van der Waals surface area contributed by atoms with Crippen LogP contribution in [-0.2, 0) is 17.7 Å². The molecule has 0 bridgehead atoms. The summed E-state index contributed by atoms with van der Waals surface area (Å²) in [7, 11) is 0. The number of nitrogens with zero attached hydrogens (tertiary/aromatic N) is 3. The van der Waals surface area contributed by atoms with Gasteiger partial charge in [0.15, 0.2) is 5.82 Å². The van der Waals surface area contributed by atoms with Crippen molar-refractivity contribution < 1.29 is 4.74 Å². The number of aromatic nitrogens is 2. The first-order chi connectivity index (χ1) is 10.9. The molecule has 0 N–H and O–H groups in total. The first-order valence-corrected chi connectivity index (χ1v) is 8.67. The van der Waals surface area contributed by atoms with E-state index in [1.54, 1.807) is 11.3 Å². The average Bonchev–Trinajstić information content (AvgIpc) is 3.10. The summed E-state index contributed by atoms with van der Waals surface area (Å²) in [4.78, 5) is 12.9. The Hall–Kier alpha value is -1.72. The van der Waals surface area contributed by atoms with Crippen LogP contribution in [0.25, 0.3) is 10.7 Å². The fourth-order valence-electron chi connectivity index (χ4n) is 3.06. The van der Waals surface area contributed by atoms with E-state index in [4.69, 9.17) is 9.72 Å². The SMILES string of the molecule is C1=C(CN2CCc3nc(-c4cccs4)ncc3C2)CCCO1. The lowest BCUT2D eigenvalue weighted by molar-refractivity contribution is 0.208. The molecule has 0 fully saturated rings. The number of ether oxygens (including phenoxy) is 1. The number of hydrogen-bond donors (Lipinski definition) is 0. The van der Waals surface area contributed by atoms with Crippen LogP contribution in [0.4, 0.5) is 0 Å². The zero-order valence-electron chi connectivity index (χ0n) is 12.5. The van der Waals surface area contributed by atoms with Gasteiger partial charge in [-0.3, -0.25) is 4.90 Å². The molecule has 0 saturated carbocycles. The van der Waals surface area contributed by atoms with Crippen LogP contribution in [0.3, 0.4) is 0 Å². The van der Waals surface area contributed by atoms with Crippen molar-refractivity contribution in [3.63, 3.8) is 0 Å². The molecule has 0 spiro atoms. The molecule has 0 unspecified atom stereocenters. The minimum absolute atomic E-state index is 0.866. The first kappa shape index (κ1) is 13.9. The van der Waals surface area contributed by atoms with Gasteiger partial charge in [0.2, 0.25) is 0 Å². The van der Waals surface area contributed by atoms with Crippen LogP contribution in [0, 0.1) is 0 Å². The molecule has 2 aliphatic heterocycles. The number of hydrogen-bond acceptors (Lipinski definition) is 5. The van der Waals surface area contributed by atoms with E-state index >= 15 is 0 Å². The molecule has 114 valence electrons. The highest BCUT2D eigenvalue weighted by atomic mass is 32.1. The number of rotatable bonds is 3. The molecule has 4 rings (SSSR count). The highest BCUT2D eigenvalue weighted by Crippen LogP contribution is 2.25. The van der Waals surface area contributed by atoms with Gasteiger partial charge < -0.3 is 4.74 Å². The largest absolute Gasteiger partial charge is 0.501 e. The highest BCUT2D eigenvalue weighted by molar-refractivity contribution is 7.13. The average molecular weight is 313 g/mol. The fourth-order valence-corrected chi connectivity index (χ4v) is 3.72. The lowest BCUT2D eigenvalue weighted by atomic mass is 10.0. The monoisotopic (exact) mass is 313 g/mol. The zero-order chi connectivity index (χ0) is 14.8. The minimum atomic E-state index is 0.866. The van der Waals surface area contributed by atoms with Crippen molar-refractivity contribution >= 4 is 11.3 Å². The predicted molar refractivity (Wildman–Crippen MR) is 87.6 cm³/mol. The summed E-state index contributed by atoms with van der Waals surface area (Å²) in [6.45, 7) is 3.88. The van der Waals surface area contributed by atoms with E-state index in [-0.39, 0.29) is 0 Å². The molecular weight excluding hydrogens is 294 g/mol. The summed E-state index contributed by atoms with van der Waals surface area (Å²) in [5.74, 6) is 0.866. The molecule has 2 aromatic rings. The second kappa shape index (κ2) is 6.18. The van der Waals surface area contributed by atoms with Gasteiger partial charge in [0, 0.05) is 37.8 Å². The normalized spacial score (nSPS) is 18.5. The third-order valence-corrected chi connectivity index (χ3v) is 5.06. The van der Waals surface area contributed by atoms with Gasteiger partial charge >= 0.3 is 0 Å². The molecule has 0 amide bonds. The van der Waals surface area contributed by atoms with Crippen LogP contribution < -0.4 is 0 Å². The summed E-state index contributed by atoms with van der Waals surface area (Å²) in [6, 6.07) is 4.13. The Morgan fingerprint density at radius 3 is 3.14 bits per heavy atom. The molecule has 22 heavy (non-hydrogen) atoms. The van der Waals surface area contributed by atoms with Crippen LogP contribution in [0.1, 0.15) is 24.1 Å². The molecule has 0 aromatic carbocycles. The maximum absolute atomic E-state index is 5.44. The molecule has 0 saturated heterocycles. The second-order valence-corrected chi connectivity index (χ2v) is 6.80. The Bertz CT molecular complexity index is 681. The molecule has 0 atom stereocenters. The molecule has 2 aromatic heterocycles. The quantitative estimate of drug-likeness (QED) is 0.872. The topological polar surface area (TPSA) is 38.2 Å². The summed E-state index contributed by atoms with van der Waals surface area (Å²) in [5, 5.41) is 2.07. The fraction of sp³-hybridized carbons (Fsp3) is 0.412. The van der Waals surface area contributed by atoms with Crippen molar-refractivity contribution in [1.29, 1.82) is 0 Å². The smallest absolute Gasteiger partial charge is 0.169 e. The third kappa shape index (κ3) is 2.91. The van der Waals surface area contributed by atoms with Gasteiger partial charge in [-0.2, -0.15) is 0 Å². The maximum Gasteiger partial charge on any atom is 0.169 e. The van der Waals surface area contributed by atoms with Gasteiger partial charge in [-0.1, -0.05) is 6.07 Å². The Balaban J connectivity index is 1.48. The van der Waals surface area contributed by atoms with E-state index in [0.29, 0.717) is 0 Å². The van der Waals surface area contributed by atoms with Gasteiger partial charge in [-0.15, -0.1) is 11.3 Å². The van der Waals surface area contributed by atoms with Crippen molar-refractivity contribution in [2.24, 2.45) is 0 Å². The van der Waals surface area contributed by atoms with Gasteiger partial charge in [0.25, 0.3) is 0 Å². The molecule has 0 aliphatic carbocycles. The van der Waals surface area contributed by atoms with E-state index < -0.39 is 0 Å². The van der Waals surface area contributed by atoms with Crippen molar-refractivity contribution in [3.8, 4) is 10.7 Å². The Morgan fingerprint density at radius 2 is 2.32 bits per heavy atom. The molecule has 4 nitrogen and oxygen atoms in total. The van der Waals surface area contributed by atoms with E-state index in [1.165, 1.54) is 16.8 Å². The Morgan fingerprint density at radius 1 is 1.32 bits per heavy atom. The summed E-state index contributed by atoms with van der Waals surface area (Å²) < 4.78 is 5.44. The molecule has 0 radical (unpaired) electrons. The van der Waals surface area contributed by atoms with E-state index in [1.807, 2.05) is 18.5 Å². The summed E-state index contributed by atoms with van der Waals surface area (Å²) >= 11 is 1.69. The second-order valence-electron chi connectivity index (χ2n) is 5.85. The van der Waals surface area contributed by atoms with Gasteiger partial charge in [0.1, 0.15) is 0 Å². The van der Waals surface area contributed by atoms with Crippen LogP contribution in [0.2, 0.25) is 0 Å². The molecule has 2 aliphatic rings. The minimum Gasteiger partial charge on any atom is -0.501 e. The van der Waals surface area contributed by atoms with Crippen molar-refractivity contribution in [2.75, 3.05) is 19.7 Å². The van der Waals surface area contributed by atoms with Gasteiger partial charge in [-0.25, -0.2) is 9.97 Å². The molecule has 4 heterocycles. The number of fused-ring (bicyclic) bond motifs is 1. The lowest BCUT2D eigenvalue weighted by Gasteiger charge is -2.29. The highest BCUT2D eigenvalue weighted by Gasteiger charge is 2.20. The Labute approximate surface area is 134 Å². The van der Waals surface area contributed by atoms with Crippen LogP contribution >= 0.6 is 11.3 Å². The standard InChI is InChI=1S/C17H19N3OS/c1-3-13(12-21-7-1)10-20-6-5-15-14(11-20)9-18-17(19-15)16-4-2-8-22-16/h2,4,8-9,12H,1,3,5-7,10-11H2. The Kier molecular flexibility index (Phi) is 3.91. The summed E-state index contributed by atoms with van der Waals surface area (Å²) in [6.07, 6.45) is 7.27. The van der Waals surface area contributed by atoms with Crippen LogP contribution in [0.15, 0.2) is 35.5 Å². The summed E-state index contributed by atoms with van der Waals surface area (Å²) in [5.41, 5.74) is 3.89. The van der Waals surface area contributed by atoms with Gasteiger partial charge in [0.05, 0.1) is 23.4 Å². The van der Waals surface area contributed by atoms with Crippen molar-refractivity contribution in [1.82, 2.24) is 14.9 Å². The van der Waals surface area contributed by atoms with E-state index in [0.717, 1.165) is 56.2 Å². The van der Waals surface area contributed by atoms with E-state index in [2.05, 4.69) is 21.3 Å². The molecular formula is C17H19N3OS. The van der Waals surface area contributed by atoms with Crippen molar-refractivity contribution in [3.05, 3.63) is 46.8 Å². The maximum atomic E-state index is 5.44. The number of thiophene rings is 1. The molecule has 5 heteroatoms. The van der Waals surface area contributed by atoms with Crippen LogP contribution in [0.5, 0.6) is 0 Å². The predicted octanol–water partition coefficient (Wildman–Crippen LogP) is 3.26. The van der Waals surface area contributed by atoms with E-state index in [9.17, 15) is 0 Å². The zero-order valence-corrected chi connectivity index (χ0v) is 13.3. The third-order valence-electron chi connectivity index (χ3n) is 4.19. The first-order valence-electron chi connectivity index (χ1n) is 7.79. The lowest BCUT2D eigenvalue weighted by Crippen LogP contribution is -2.33. The van der Waals surface area contributed by atoms with Crippen LogP contribution in [-0.4, -0.2) is 34.6 Å². The van der Waals surface area contributed by atoms with Gasteiger partial charge in [-0.05, 0) is 29.9 Å². The van der Waals surface area contributed by atoms with Crippen molar-refractivity contribution in [2.45, 2.75) is 25.8 Å².